The summed E-state index contributed by atoms with van der Waals surface area (Å²) in [6, 6.07) is 10.0. The van der Waals surface area contributed by atoms with Crippen LogP contribution in [0.2, 0.25) is 0 Å². The van der Waals surface area contributed by atoms with Crippen molar-refractivity contribution in [2.75, 3.05) is 6.54 Å². The molecule has 44 heavy (non-hydrogen) atoms. The van der Waals surface area contributed by atoms with E-state index < -0.39 is 20.0 Å². The molecule has 0 spiro atoms. The number of rotatable bonds is 11. The first-order valence-electron chi connectivity index (χ1n) is 13.8. The molecule has 0 unspecified atom stereocenters. The summed E-state index contributed by atoms with van der Waals surface area (Å²) in [4.78, 5) is 35.4. The topological polar surface area (TPSA) is 164 Å². The van der Waals surface area contributed by atoms with Crippen LogP contribution in [0.3, 0.4) is 0 Å². The van der Waals surface area contributed by atoms with Gasteiger partial charge in [-0.3, -0.25) is 9.59 Å². The van der Waals surface area contributed by atoms with E-state index in [-0.39, 0.29) is 32.5 Å². The van der Waals surface area contributed by atoms with E-state index in [1.165, 1.54) is 24.7 Å². The Labute approximate surface area is 262 Å². The van der Waals surface area contributed by atoms with Gasteiger partial charge in [0.2, 0.25) is 10.0 Å². The van der Waals surface area contributed by atoms with Crippen LogP contribution in [0.5, 0.6) is 0 Å². The molecule has 232 valence electrons. The molecule has 0 aliphatic heterocycles. The van der Waals surface area contributed by atoms with Crippen molar-refractivity contribution in [1.29, 1.82) is 0 Å². The number of H-pyrrole nitrogens is 2. The molecular formula is C29H31N5O6S4. The van der Waals surface area contributed by atoms with Crippen molar-refractivity contribution in [2.45, 2.75) is 55.4 Å². The normalized spacial score (nSPS) is 12.2. The van der Waals surface area contributed by atoms with E-state index in [9.17, 15) is 26.4 Å². The number of aromatic amines is 2. The fraction of sp³-hybridized carbons (Fsp3) is 0.276. The summed E-state index contributed by atoms with van der Waals surface area (Å²) in [7, 11) is -7.76. The van der Waals surface area contributed by atoms with Gasteiger partial charge in [0, 0.05) is 62.6 Å². The lowest BCUT2D eigenvalue weighted by Crippen LogP contribution is -2.25. The lowest BCUT2D eigenvalue weighted by atomic mass is 10.1. The largest absolute Gasteiger partial charge is 0.326 e. The molecule has 0 aromatic carbocycles. The Morgan fingerprint density at radius 1 is 0.818 bits per heavy atom. The Bertz CT molecular complexity index is 2190. The van der Waals surface area contributed by atoms with Crippen LogP contribution in [0.1, 0.15) is 42.1 Å². The molecule has 0 aliphatic carbocycles. The molecule has 0 saturated carbocycles. The van der Waals surface area contributed by atoms with Gasteiger partial charge in [-0.2, -0.15) is 8.42 Å². The van der Waals surface area contributed by atoms with Gasteiger partial charge in [-0.25, -0.2) is 22.1 Å². The number of nitrogens with one attached hydrogen (secondary N) is 3. The maximum Gasteiger partial charge on any atom is 0.278 e. The third-order valence-electron chi connectivity index (χ3n) is 7.17. The van der Waals surface area contributed by atoms with Gasteiger partial charge in [-0.1, -0.05) is 13.8 Å². The molecule has 0 fully saturated rings. The van der Waals surface area contributed by atoms with Crippen LogP contribution < -0.4 is 15.8 Å². The first-order chi connectivity index (χ1) is 20.8. The van der Waals surface area contributed by atoms with E-state index in [0.717, 1.165) is 42.7 Å². The van der Waals surface area contributed by atoms with Crippen molar-refractivity contribution >= 4 is 42.7 Å². The van der Waals surface area contributed by atoms with Crippen LogP contribution in [-0.2, 0) is 39.3 Å². The van der Waals surface area contributed by atoms with Crippen molar-refractivity contribution in [3.63, 3.8) is 0 Å². The first-order valence-corrected chi connectivity index (χ1v) is 18.3. The molecule has 0 bridgehead atoms. The van der Waals surface area contributed by atoms with Crippen LogP contribution >= 0.6 is 22.7 Å². The van der Waals surface area contributed by atoms with E-state index >= 15 is 0 Å². The van der Waals surface area contributed by atoms with Gasteiger partial charge in [0.25, 0.3) is 21.1 Å². The maximum atomic E-state index is 13.3. The molecular weight excluding hydrogens is 643 g/mol. The average molecular weight is 674 g/mol. The third-order valence-corrected chi connectivity index (χ3v) is 13.4. The van der Waals surface area contributed by atoms with Crippen LogP contribution in [0.15, 0.2) is 66.9 Å². The number of sulfonamides is 1. The molecule has 0 aliphatic rings. The fourth-order valence-corrected chi connectivity index (χ4v) is 9.77. The lowest BCUT2D eigenvalue weighted by molar-refractivity contribution is 0.582. The van der Waals surface area contributed by atoms with Crippen LogP contribution in [0, 0.1) is 13.8 Å². The Kier molecular flexibility index (Phi) is 8.96. The number of aromatic nitrogens is 4. The van der Waals surface area contributed by atoms with Crippen molar-refractivity contribution in [3.05, 3.63) is 97.8 Å². The van der Waals surface area contributed by atoms with Gasteiger partial charge < -0.3 is 9.97 Å². The Morgan fingerprint density at radius 3 is 1.89 bits per heavy atom. The highest BCUT2D eigenvalue weighted by Crippen LogP contribution is 2.34. The van der Waals surface area contributed by atoms with E-state index in [1.54, 1.807) is 38.1 Å². The van der Waals surface area contributed by atoms with E-state index in [2.05, 4.69) is 19.7 Å². The molecule has 0 atom stereocenters. The van der Waals surface area contributed by atoms with E-state index in [4.69, 9.17) is 0 Å². The molecule has 15 heteroatoms. The number of imidazole rings is 1. The fourth-order valence-electron chi connectivity index (χ4n) is 4.68. The summed E-state index contributed by atoms with van der Waals surface area (Å²) < 4.78 is 56.4. The second-order valence-electron chi connectivity index (χ2n) is 10.1. The van der Waals surface area contributed by atoms with Gasteiger partial charge in [0.05, 0.1) is 5.69 Å². The molecule has 0 saturated heterocycles. The molecule has 5 heterocycles. The minimum absolute atomic E-state index is 0.0126. The SMILES string of the molecule is CCc1cc(-c2ccc(S(=O)(=O)NCCc3cn(S(=O)(=O)c4ccc(-c5cc(CC)c(=O)[nH]c5C)s4)cn3)s2)c(C)[nH]c1=O. The van der Waals surface area contributed by atoms with E-state index in [0.29, 0.717) is 45.9 Å². The minimum atomic E-state index is -3.93. The number of aryl methyl sites for hydroxylation is 4. The average Bonchev–Trinajstić information content (AvgIpc) is 3.75. The molecule has 0 amide bonds. The van der Waals surface area contributed by atoms with Crippen molar-refractivity contribution < 1.29 is 16.8 Å². The second-order valence-corrected chi connectivity index (χ2v) is 16.3. The van der Waals surface area contributed by atoms with Gasteiger partial charge in [-0.15, -0.1) is 22.7 Å². The summed E-state index contributed by atoms with van der Waals surface area (Å²) in [5.41, 5.74) is 4.19. The number of hydrogen-bond donors (Lipinski definition) is 3. The summed E-state index contributed by atoms with van der Waals surface area (Å²) in [5.74, 6) is 0. The lowest BCUT2D eigenvalue weighted by Gasteiger charge is -2.06. The summed E-state index contributed by atoms with van der Waals surface area (Å²) in [5, 5.41) is 0. The Balaban J connectivity index is 1.26. The second kappa shape index (κ2) is 12.4. The predicted octanol–water partition coefficient (Wildman–Crippen LogP) is 4.22. The number of thiophene rings is 2. The molecule has 0 radical (unpaired) electrons. The number of pyridine rings is 2. The molecule has 3 N–H and O–H groups in total. The van der Waals surface area contributed by atoms with Crippen LogP contribution in [0.25, 0.3) is 20.9 Å². The molecule has 5 rings (SSSR count). The van der Waals surface area contributed by atoms with Gasteiger partial charge in [-0.05, 0) is 63.1 Å². The monoisotopic (exact) mass is 673 g/mol. The highest BCUT2D eigenvalue weighted by atomic mass is 32.3. The smallest absolute Gasteiger partial charge is 0.278 e. The standard InChI is InChI=1S/C29H31N5O6S4/c1-5-19-13-22(17(3)32-28(19)35)24-7-9-26(41-24)43(37,38)31-12-11-21-15-34(16-30-21)44(39,40)27-10-8-25(42-27)23-14-20(6-2)29(36)33-18(23)4/h7-10,13-16,31H,5-6,11-12H2,1-4H3,(H,32,35)(H,33,36). The van der Waals surface area contributed by atoms with E-state index in [1.807, 2.05) is 13.8 Å². The first kappa shape index (κ1) is 31.8. The Morgan fingerprint density at radius 2 is 1.34 bits per heavy atom. The molecule has 5 aromatic heterocycles. The van der Waals surface area contributed by atoms with Crippen molar-refractivity contribution in [2.24, 2.45) is 0 Å². The number of hydrogen-bond acceptors (Lipinski definition) is 9. The summed E-state index contributed by atoms with van der Waals surface area (Å²) >= 11 is 2.19. The van der Waals surface area contributed by atoms with Gasteiger partial charge in [0.15, 0.2) is 0 Å². The van der Waals surface area contributed by atoms with Crippen LogP contribution in [-0.4, -0.2) is 42.3 Å². The zero-order valence-corrected chi connectivity index (χ0v) is 27.7. The van der Waals surface area contributed by atoms with Gasteiger partial charge >= 0.3 is 0 Å². The summed E-state index contributed by atoms with van der Waals surface area (Å²) in [6.07, 6.45) is 3.85. The van der Waals surface area contributed by atoms with Crippen molar-refractivity contribution in [3.8, 4) is 20.9 Å². The van der Waals surface area contributed by atoms with Crippen LogP contribution in [0.4, 0.5) is 0 Å². The highest BCUT2D eigenvalue weighted by Gasteiger charge is 2.22. The zero-order valence-electron chi connectivity index (χ0n) is 24.4. The molecule has 5 aromatic rings. The van der Waals surface area contributed by atoms with Crippen molar-refractivity contribution in [1.82, 2.24) is 23.6 Å². The van der Waals surface area contributed by atoms with Gasteiger partial charge in [0.1, 0.15) is 14.7 Å². The summed E-state index contributed by atoms with van der Waals surface area (Å²) in [6.45, 7) is 7.32. The number of nitrogens with zero attached hydrogens (tertiary/aromatic N) is 2. The maximum absolute atomic E-state index is 13.3. The highest BCUT2D eigenvalue weighted by molar-refractivity contribution is 7.92. The minimum Gasteiger partial charge on any atom is -0.326 e. The quantitative estimate of drug-likeness (QED) is 0.189. The third kappa shape index (κ3) is 6.28. The molecule has 11 nitrogen and oxygen atoms in total. The zero-order chi connectivity index (χ0) is 31.8. The predicted molar refractivity (Wildman–Crippen MR) is 173 cm³/mol. The Hall–Kier alpha value is -3.63.